The molecule has 1 aromatic carbocycles. The third kappa shape index (κ3) is 2.39. The fraction of sp³-hybridized carbons (Fsp3) is 0.538. The Hall–Kier alpha value is -0.860. The first-order valence-corrected chi connectivity index (χ1v) is 5.79. The predicted molar refractivity (Wildman–Crippen MR) is 63.9 cm³/mol. The summed E-state index contributed by atoms with van der Waals surface area (Å²) in [5, 5.41) is 3.31. The van der Waals surface area contributed by atoms with Gasteiger partial charge < -0.3 is 5.32 Å². The van der Waals surface area contributed by atoms with Gasteiger partial charge in [0.2, 0.25) is 0 Å². The molecule has 2 heteroatoms. The Kier molecular flexibility index (Phi) is 3.39. The molecule has 82 valence electrons. The van der Waals surface area contributed by atoms with Crippen LogP contribution in [0.2, 0.25) is 0 Å². The number of benzene rings is 1. The standard InChI is InChI=1S/C13H20N2/c1-3-11-6-4-5-7-12(11)10-15(2)13-8-14-9-13/h4-7,13-14H,3,8-10H2,1-2H3. The highest BCUT2D eigenvalue weighted by Gasteiger charge is 2.21. The highest BCUT2D eigenvalue weighted by Crippen LogP contribution is 2.14. The molecule has 0 aromatic heterocycles. The predicted octanol–water partition coefficient (Wildman–Crippen LogP) is 1.65. The lowest BCUT2D eigenvalue weighted by molar-refractivity contribution is 0.173. The maximum atomic E-state index is 3.31. The Morgan fingerprint density at radius 3 is 2.47 bits per heavy atom. The zero-order valence-electron chi connectivity index (χ0n) is 9.66. The minimum Gasteiger partial charge on any atom is -0.314 e. The summed E-state index contributed by atoms with van der Waals surface area (Å²) >= 11 is 0. The van der Waals surface area contributed by atoms with Gasteiger partial charge in [0.05, 0.1) is 0 Å². The fourth-order valence-electron chi connectivity index (χ4n) is 2.04. The van der Waals surface area contributed by atoms with Gasteiger partial charge in [-0.05, 0) is 24.6 Å². The molecule has 0 atom stereocenters. The molecule has 0 spiro atoms. The minimum absolute atomic E-state index is 0.731. The van der Waals surface area contributed by atoms with Crippen molar-refractivity contribution in [1.29, 1.82) is 0 Å². The Balaban J connectivity index is 2.02. The summed E-state index contributed by atoms with van der Waals surface area (Å²) in [6.45, 7) is 5.59. The SMILES string of the molecule is CCc1ccccc1CN(C)C1CNC1. The van der Waals surface area contributed by atoms with Gasteiger partial charge in [0.25, 0.3) is 0 Å². The molecule has 0 aliphatic carbocycles. The van der Waals surface area contributed by atoms with Gasteiger partial charge in [-0.3, -0.25) is 4.90 Å². The highest BCUT2D eigenvalue weighted by molar-refractivity contribution is 5.27. The molecule has 2 nitrogen and oxygen atoms in total. The quantitative estimate of drug-likeness (QED) is 0.802. The van der Waals surface area contributed by atoms with Gasteiger partial charge in [-0.15, -0.1) is 0 Å². The van der Waals surface area contributed by atoms with Crippen molar-refractivity contribution in [2.24, 2.45) is 0 Å². The molecule has 0 amide bonds. The van der Waals surface area contributed by atoms with Crippen LogP contribution in [0.1, 0.15) is 18.1 Å². The number of aryl methyl sites for hydroxylation is 1. The zero-order valence-corrected chi connectivity index (χ0v) is 9.66. The van der Waals surface area contributed by atoms with Crippen LogP contribution < -0.4 is 5.32 Å². The zero-order chi connectivity index (χ0) is 10.7. The second-order valence-electron chi connectivity index (χ2n) is 4.35. The molecular weight excluding hydrogens is 184 g/mol. The van der Waals surface area contributed by atoms with E-state index >= 15 is 0 Å². The van der Waals surface area contributed by atoms with E-state index in [2.05, 4.69) is 48.5 Å². The van der Waals surface area contributed by atoms with E-state index in [-0.39, 0.29) is 0 Å². The third-order valence-corrected chi connectivity index (χ3v) is 3.30. The normalized spacial score (nSPS) is 16.7. The number of nitrogens with zero attached hydrogens (tertiary/aromatic N) is 1. The van der Waals surface area contributed by atoms with E-state index in [0.29, 0.717) is 0 Å². The van der Waals surface area contributed by atoms with Crippen molar-refractivity contribution in [3.05, 3.63) is 35.4 Å². The van der Waals surface area contributed by atoms with Gasteiger partial charge >= 0.3 is 0 Å². The molecule has 1 saturated heterocycles. The Bertz CT molecular complexity index is 318. The molecule has 1 aliphatic heterocycles. The van der Waals surface area contributed by atoms with E-state index in [1.54, 1.807) is 0 Å². The molecule has 0 saturated carbocycles. The molecule has 1 fully saturated rings. The van der Waals surface area contributed by atoms with Crippen LogP contribution >= 0.6 is 0 Å². The van der Waals surface area contributed by atoms with E-state index in [9.17, 15) is 0 Å². The van der Waals surface area contributed by atoms with Crippen molar-refractivity contribution in [3.8, 4) is 0 Å². The Labute approximate surface area is 92.3 Å². The maximum Gasteiger partial charge on any atom is 0.0345 e. The lowest BCUT2D eigenvalue weighted by Crippen LogP contribution is -2.55. The van der Waals surface area contributed by atoms with Crippen LogP contribution in [-0.4, -0.2) is 31.1 Å². The first kappa shape index (κ1) is 10.7. The second-order valence-corrected chi connectivity index (χ2v) is 4.35. The summed E-state index contributed by atoms with van der Waals surface area (Å²) in [6, 6.07) is 9.49. The molecule has 0 unspecified atom stereocenters. The summed E-state index contributed by atoms with van der Waals surface area (Å²) in [6.07, 6.45) is 1.13. The van der Waals surface area contributed by atoms with Crippen molar-refractivity contribution >= 4 is 0 Å². The third-order valence-electron chi connectivity index (χ3n) is 3.30. The molecule has 1 heterocycles. The summed E-state index contributed by atoms with van der Waals surface area (Å²) in [7, 11) is 2.22. The Morgan fingerprint density at radius 1 is 1.27 bits per heavy atom. The van der Waals surface area contributed by atoms with Crippen molar-refractivity contribution < 1.29 is 0 Å². The van der Waals surface area contributed by atoms with Gasteiger partial charge in [0.1, 0.15) is 0 Å². The van der Waals surface area contributed by atoms with Crippen LogP contribution in [0.4, 0.5) is 0 Å². The largest absolute Gasteiger partial charge is 0.314 e. The van der Waals surface area contributed by atoms with Crippen LogP contribution in [0.25, 0.3) is 0 Å². The maximum absolute atomic E-state index is 3.31. The molecule has 1 N–H and O–H groups in total. The smallest absolute Gasteiger partial charge is 0.0345 e. The molecule has 15 heavy (non-hydrogen) atoms. The first-order valence-electron chi connectivity index (χ1n) is 5.79. The molecule has 2 rings (SSSR count). The number of hydrogen-bond donors (Lipinski definition) is 1. The van der Waals surface area contributed by atoms with E-state index < -0.39 is 0 Å². The van der Waals surface area contributed by atoms with Crippen LogP contribution in [0.5, 0.6) is 0 Å². The average Bonchev–Trinajstić information content (AvgIpc) is 2.15. The number of rotatable bonds is 4. The summed E-state index contributed by atoms with van der Waals surface area (Å²) in [5.41, 5.74) is 2.96. The monoisotopic (exact) mass is 204 g/mol. The molecule has 1 aliphatic rings. The highest BCUT2D eigenvalue weighted by atomic mass is 15.2. The first-order chi connectivity index (χ1) is 7.31. The molecule has 1 aromatic rings. The van der Waals surface area contributed by atoms with Gasteiger partial charge in [-0.1, -0.05) is 31.2 Å². The number of nitrogens with one attached hydrogen (secondary N) is 1. The fourth-order valence-corrected chi connectivity index (χ4v) is 2.04. The molecule has 0 radical (unpaired) electrons. The second kappa shape index (κ2) is 4.77. The van der Waals surface area contributed by atoms with Crippen LogP contribution in [0.15, 0.2) is 24.3 Å². The van der Waals surface area contributed by atoms with Gasteiger partial charge in [-0.2, -0.15) is 0 Å². The van der Waals surface area contributed by atoms with E-state index in [1.165, 1.54) is 11.1 Å². The lowest BCUT2D eigenvalue weighted by Gasteiger charge is -2.36. The van der Waals surface area contributed by atoms with Crippen LogP contribution in [-0.2, 0) is 13.0 Å². The van der Waals surface area contributed by atoms with Crippen molar-refractivity contribution in [2.75, 3.05) is 20.1 Å². The summed E-state index contributed by atoms with van der Waals surface area (Å²) < 4.78 is 0. The van der Waals surface area contributed by atoms with E-state index in [0.717, 1.165) is 32.1 Å². The van der Waals surface area contributed by atoms with Gasteiger partial charge in [0.15, 0.2) is 0 Å². The lowest BCUT2D eigenvalue weighted by atomic mass is 10.0. The number of hydrogen-bond acceptors (Lipinski definition) is 2. The summed E-state index contributed by atoms with van der Waals surface area (Å²) in [5.74, 6) is 0. The van der Waals surface area contributed by atoms with Gasteiger partial charge in [-0.25, -0.2) is 0 Å². The van der Waals surface area contributed by atoms with Crippen molar-refractivity contribution in [1.82, 2.24) is 10.2 Å². The van der Waals surface area contributed by atoms with Crippen molar-refractivity contribution in [2.45, 2.75) is 25.9 Å². The average molecular weight is 204 g/mol. The van der Waals surface area contributed by atoms with Crippen LogP contribution in [0.3, 0.4) is 0 Å². The van der Waals surface area contributed by atoms with E-state index in [1.807, 2.05) is 0 Å². The molecular formula is C13H20N2. The van der Waals surface area contributed by atoms with Crippen LogP contribution in [0, 0.1) is 0 Å². The van der Waals surface area contributed by atoms with Gasteiger partial charge in [0, 0.05) is 25.7 Å². The van der Waals surface area contributed by atoms with Crippen molar-refractivity contribution in [3.63, 3.8) is 0 Å². The Morgan fingerprint density at radius 2 is 1.93 bits per heavy atom. The van der Waals surface area contributed by atoms with E-state index in [4.69, 9.17) is 0 Å². The number of likely N-dealkylation sites (N-methyl/N-ethyl adjacent to an activating group) is 1. The molecule has 0 bridgehead atoms. The minimum atomic E-state index is 0.731. The summed E-state index contributed by atoms with van der Waals surface area (Å²) in [4.78, 5) is 2.45. The topological polar surface area (TPSA) is 15.3 Å².